The van der Waals surface area contributed by atoms with Gasteiger partial charge in [0.05, 0.1) is 18.4 Å². The maximum atomic E-state index is 12.9. The molecule has 0 radical (unpaired) electrons. The maximum absolute atomic E-state index is 12.9. The van der Waals surface area contributed by atoms with E-state index in [1.54, 1.807) is 17.0 Å². The van der Waals surface area contributed by atoms with Crippen LogP contribution in [0.25, 0.3) is 0 Å². The van der Waals surface area contributed by atoms with Crippen LogP contribution < -0.4 is 5.32 Å². The molecule has 1 aromatic carbocycles. The van der Waals surface area contributed by atoms with Crippen LogP contribution in [0.15, 0.2) is 47.1 Å². The summed E-state index contributed by atoms with van der Waals surface area (Å²) in [5.74, 6) is 0.633. The molecule has 27 heavy (non-hydrogen) atoms. The Kier molecular flexibility index (Phi) is 5.74. The molecule has 0 unspecified atom stereocenters. The average molecular weight is 381 g/mol. The normalized spacial score (nSPS) is 16.3. The number of nitrogens with one attached hydrogen (secondary N) is 1. The smallest absolute Gasteiger partial charge is 0.416 e. The molecule has 1 fully saturated rings. The van der Waals surface area contributed by atoms with Gasteiger partial charge in [-0.3, -0.25) is 0 Å². The highest BCUT2D eigenvalue weighted by Crippen LogP contribution is 2.31. The van der Waals surface area contributed by atoms with Crippen LogP contribution in [0.5, 0.6) is 0 Å². The molecule has 146 valence electrons. The van der Waals surface area contributed by atoms with Gasteiger partial charge in [0.15, 0.2) is 0 Å². The summed E-state index contributed by atoms with van der Waals surface area (Å²) in [6.45, 7) is 1.98. The van der Waals surface area contributed by atoms with E-state index >= 15 is 0 Å². The number of urea groups is 1. The van der Waals surface area contributed by atoms with Crippen LogP contribution in [0.3, 0.4) is 0 Å². The first-order chi connectivity index (χ1) is 12.8. The molecule has 0 atom stereocenters. The van der Waals surface area contributed by atoms with Crippen molar-refractivity contribution < 1.29 is 22.4 Å². The van der Waals surface area contributed by atoms with E-state index in [4.69, 9.17) is 4.42 Å². The lowest BCUT2D eigenvalue weighted by molar-refractivity contribution is -0.137. The molecule has 0 aliphatic carbocycles. The number of hydrogen-bond donors (Lipinski definition) is 1. The van der Waals surface area contributed by atoms with Gasteiger partial charge < -0.3 is 19.5 Å². The van der Waals surface area contributed by atoms with E-state index in [0.717, 1.165) is 38.1 Å². The summed E-state index contributed by atoms with van der Waals surface area (Å²) < 4.78 is 44.1. The van der Waals surface area contributed by atoms with Crippen LogP contribution >= 0.6 is 0 Å². The fraction of sp³-hybridized carbons (Fsp3) is 0.421. The van der Waals surface area contributed by atoms with Gasteiger partial charge in [-0.15, -0.1) is 0 Å². The summed E-state index contributed by atoms with van der Waals surface area (Å²) in [4.78, 5) is 16.7. The third-order valence-electron chi connectivity index (χ3n) is 4.74. The SMILES string of the molecule is CN1CCC(N(Cc2ccco2)C(=O)Nc2cccc(C(F)(F)F)c2)CC1. The molecule has 0 bridgehead atoms. The number of alkyl halides is 3. The topological polar surface area (TPSA) is 48.7 Å². The van der Waals surface area contributed by atoms with Gasteiger partial charge in [-0.1, -0.05) is 6.07 Å². The van der Waals surface area contributed by atoms with E-state index in [2.05, 4.69) is 10.2 Å². The highest BCUT2D eigenvalue weighted by atomic mass is 19.4. The molecule has 0 spiro atoms. The molecule has 1 aliphatic heterocycles. The number of anilines is 1. The lowest BCUT2D eigenvalue weighted by Gasteiger charge is -2.37. The van der Waals surface area contributed by atoms with E-state index in [9.17, 15) is 18.0 Å². The van der Waals surface area contributed by atoms with Gasteiger partial charge in [0.1, 0.15) is 5.76 Å². The summed E-state index contributed by atoms with van der Waals surface area (Å²) in [6, 6.07) is 7.74. The Morgan fingerprint density at radius 2 is 2.00 bits per heavy atom. The standard InChI is InChI=1S/C19H22F3N3O2/c1-24-9-7-16(8-10-24)25(13-17-6-3-11-27-17)18(26)23-15-5-2-4-14(12-15)19(20,21)22/h2-6,11-12,16H,7-10,13H2,1H3,(H,23,26). The number of benzene rings is 1. The first-order valence-electron chi connectivity index (χ1n) is 8.79. The Labute approximate surface area is 155 Å². The fourth-order valence-electron chi connectivity index (χ4n) is 3.21. The number of halogens is 3. The van der Waals surface area contributed by atoms with Crippen molar-refractivity contribution in [2.24, 2.45) is 0 Å². The zero-order valence-corrected chi connectivity index (χ0v) is 15.0. The third-order valence-corrected chi connectivity index (χ3v) is 4.74. The first-order valence-corrected chi connectivity index (χ1v) is 8.79. The number of likely N-dealkylation sites (tertiary alicyclic amines) is 1. The average Bonchev–Trinajstić information content (AvgIpc) is 3.13. The molecule has 1 N–H and O–H groups in total. The molecule has 8 heteroatoms. The highest BCUT2D eigenvalue weighted by Gasteiger charge is 2.31. The third kappa shape index (κ3) is 5.03. The number of carbonyl (C=O) groups is 1. The molecule has 3 rings (SSSR count). The van der Waals surface area contributed by atoms with E-state index in [0.29, 0.717) is 5.76 Å². The molecule has 1 aromatic heterocycles. The molecule has 2 aromatic rings. The molecular formula is C19H22F3N3O2. The van der Waals surface area contributed by atoms with Gasteiger partial charge in [-0.2, -0.15) is 13.2 Å². The Balaban J connectivity index is 1.76. The van der Waals surface area contributed by atoms with Crippen molar-refractivity contribution in [2.75, 3.05) is 25.5 Å². The summed E-state index contributed by atoms with van der Waals surface area (Å²) in [6.07, 6.45) is -1.32. The Bertz CT molecular complexity index is 754. The number of hydrogen-bond acceptors (Lipinski definition) is 3. The predicted octanol–water partition coefficient (Wildman–Crippen LogP) is 4.43. The van der Waals surface area contributed by atoms with Crippen LogP contribution in [0, 0.1) is 0 Å². The van der Waals surface area contributed by atoms with Crippen molar-refractivity contribution >= 4 is 11.7 Å². The Morgan fingerprint density at radius 1 is 1.26 bits per heavy atom. The predicted molar refractivity (Wildman–Crippen MR) is 95.2 cm³/mol. The maximum Gasteiger partial charge on any atom is 0.416 e. The van der Waals surface area contributed by atoms with Gasteiger partial charge in [0.2, 0.25) is 0 Å². The van der Waals surface area contributed by atoms with Crippen molar-refractivity contribution in [3.8, 4) is 0 Å². The summed E-state index contributed by atoms with van der Waals surface area (Å²) in [5.41, 5.74) is -0.677. The monoisotopic (exact) mass is 381 g/mol. The number of nitrogens with zero attached hydrogens (tertiary/aromatic N) is 2. The summed E-state index contributed by atoms with van der Waals surface area (Å²) in [5, 5.41) is 2.61. The zero-order valence-electron chi connectivity index (χ0n) is 15.0. The molecule has 2 heterocycles. The minimum absolute atomic E-state index is 0.00269. The number of carbonyl (C=O) groups excluding carboxylic acids is 1. The number of rotatable bonds is 4. The second-order valence-corrected chi connectivity index (χ2v) is 6.75. The van der Waals surface area contributed by atoms with Crippen LogP contribution in [0.2, 0.25) is 0 Å². The van der Waals surface area contributed by atoms with Gasteiger partial charge in [-0.05, 0) is 63.3 Å². The van der Waals surface area contributed by atoms with E-state index < -0.39 is 17.8 Å². The van der Waals surface area contributed by atoms with Gasteiger partial charge in [0, 0.05) is 11.7 Å². The van der Waals surface area contributed by atoms with Crippen LogP contribution in [-0.2, 0) is 12.7 Å². The zero-order chi connectivity index (χ0) is 19.4. The van der Waals surface area contributed by atoms with Crippen molar-refractivity contribution in [3.63, 3.8) is 0 Å². The van der Waals surface area contributed by atoms with Crippen LogP contribution in [0.4, 0.5) is 23.7 Å². The van der Waals surface area contributed by atoms with Crippen molar-refractivity contribution in [1.29, 1.82) is 0 Å². The molecular weight excluding hydrogens is 359 g/mol. The summed E-state index contributed by atoms with van der Waals surface area (Å²) in [7, 11) is 2.02. The van der Waals surface area contributed by atoms with E-state index in [1.807, 2.05) is 7.05 Å². The van der Waals surface area contributed by atoms with E-state index in [1.165, 1.54) is 18.4 Å². The second kappa shape index (κ2) is 8.04. The lowest BCUT2D eigenvalue weighted by atomic mass is 10.0. The second-order valence-electron chi connectivity index (χ2n) is 6.75. The highest BCUT2D eigenvalue weighted by molar-refractivity contribution is 5.89. The van der Waals surface area contributed by atoms with Crippen molar-refractivity contribution in [2.45, 2.75) is 31.6 Å². The minimum atomic E-state index is -4.46. The first kappa shape index (κ1) is 19.3. The number of piperidine rings is 1. The molecule has 0 saturated carbocycles. The van der Waals surface area contributed by atoms with Gasteiger partial charge >= 0.3 is 12.2 Å². The fourth-order valence-corrected chi connectivity index (χ4v) is 3.21. The Morgan fingerprint density at radius 3 is 2.63 bits per heavy atom. The lowest BCUT2D eigenvalue weighted by Crippen LogP contribution is -2.47. The van der Waals surface area contributed by atoms with Gasteiger partial charge in [-0.25, -0.2) is 4.79 Å². The van der Waals surface area contributed by atoms with Gasteiger partial charge in [0.25, 0.3) is 0 Å². The molecule has 1 saturated heterocycles. The Hall–Kier alpha value is -2.48. The number of furan rings is 1. The number of amides is 2. The van der Waals surface area contributed by atoms with Crippen LogP contribution in [0.1, 0.15) is 24.2 Å². The van der Waals surface area contributed by atoms with Crippen molar-refractivity contribution in [3.05, 3.63) is 54.0 Å². The molecule has 1 aliphatic rings. The van der Waals surface area contributed by atoms with Crippen LogP contribution in [-0.4, -0.2) is 42.0 Å². The molecule has 5 nitrogen and oxygen atoms in total. The quantitative estimate of drug-likeness (QED) is 0.853. The summed E-state index contributed by atoms with van der Waals surface area (Å²) >= 11 is 0. The minimum Gasteiger partial charge on any atom is -0.467 e. The van der Waals surface area contributed by atoms with E-state index in [-0.39, 0.29) is 18.3 Å². The molecule has 2 amide bonds. The largest absolute Gasteiger partial charge is 0.467 e. The van der Waals surface area contributed by atoms with Crippen molar-refractivity contribution in [1.82, 2.24) is 9.80 Å².